The first-order valence-electron chi connectivity index (χ1n) is 4.22. The molecule has 5 heteroatoms. The van der Waals surface area contributed by atoms with Crippen LogP contribution >= 0.6 is 0 Å². The SMILES string of the molecule is C[C@H]1OC(=O)[C@H]1c1ccc(C(=O)O)[nH]1. The van der Waals surface area contributed by atoms with Crippen molar-refractivity contribution in [2.45, 2.75) is 18.9 Å². The third-order valence-corrected chi connectivity index (χ3v) is 2.30. The Morgan fingerprint density at radius 2 is 2.29 bits per heavy atom. The van der Waals surface area contributed by atoms with E-state index in [0.717, 1.165) is 0 Å². The number of aromatic amines is 1. The molecule has 0 unspecified atom stereocenters. The smallest absolute Gasteiger partial charge is 0.352 e. The molecule has 1 aliphatic rings. The molecule has 2 rings (SSSR count). The van der Waals surface area contributed by atoms with Crippen molar-refractivity contribution in [3.8, 4) is 0 Å². The molecule has 0 bridgehead atoms. The number of cyclic esters (lactones) is 1. The number of aromatic nitrogens is 1. The van der Waals surface area contributed by atoms with E-state index in [1.807, 2.05) is 0 Å². The summed E-state index contributed by atoms with van der Waals surface area (Å²) in [6, 6.07) is 3.04. The zero-order chi connectivity index (χ0) is 10.3. The molecular formula is C9H9NO4. The Morgan fingerprint density at radius 3 is 2.71 bits per heavy atom. The minimum absolute atomic E-state index is 0.0897. The molecule has 14 heavy (non-hydrogen) atoms. The molecule has 0 aliphatic carbocycles. The third-order valence-electron chi connectivity index (χ3n) is 2.30. The van der Waals surface area contributed by atoms with E-state index in [9.17, 15) is 9.59 Å². The van der Waals surface area contributed by atoms with Crippen LogP contribution in [0, 0.1) is 0 Å². The molecule has 1 fully saturated rings. The third kappa shape index (κ3) is 1.17. The van der Waals surface area contributed by atoms with Crippen LogP contribution in [0.2, 0.25) is 0 Å². The molecule has 0 aromatic carbocycles. The molecule has 0 spiro atoms. The molecule has 0 saturated carbocycles. The maximum atomic E-state index is 11.0. The van der Waals surface area contributed by atoms with Gasteiger partial charge in [0.15, 0.2) is 0 Å². The lowest BCUT2D eigenvalue weighted by Gasteiger charge is -2.31. The van der Waals surface area contributed by atoms with E-state index in [2.05, 4.69) is 4.98 Å². The molecule has 0 amide bonds. The zero-order valence-electron chi connectivity index (χ0n) is 7.48. The molecule has 1 aliphatic heterocycles. The number of aromatic carboxylic acids is 1. The summed E-state index contributed by atoms with van der Waals surface area (Å²) in [5.41, 5.74) is 0.693. The molecular weight excluding hydrogens is 186 g/mol. The maximum absolute atomic E-state index is 11.0. The molecule has 5 nitrogen and oxygen atoms in total. The van der Waals surface area contributed by atoms with Crippen molar-refractivity contribution in [2.75, 3.05) is 0 Å². The van der Waals surface area contributed by atoms with Crippen LogP contribution in [0.3, 0.4) is 0 Å². The van der Waals surface area contributed by atoms with Crippen molar-refractivity contribution in [2.24, 2.45) is 0 Å². The molecule has 1 aromatic heterocycles. The van der Waals surface area contributed by atoms with Crippen molar-refractivity contribution in [3.05, 3.63) is 23.5 Å². The van der Waals surface area contributed by atoms with E-state index >= 15 is 0 Å². The summed E-state index contributed by atoms with van der Waals surface area (Å²) >= 11 is 0. The first kappa shape index (κ1) is 8.80. The largest absolute Gasteiger partial charge is 0.477 e. The van der Waals surface area contributed by atoms with Gasteiger partial charge in [0.25, 0.3) is 0 Å². The van der Waals surface area contributed by atoms with E-state index < -0.39 is 5.97 Å². The van der Waals surface area contributed by atoms with Crippen molar-refractivity contribution in [3.63, 3.8) is 0 Å². The van der Waals surface area contributed by atoms with Gasteiger partial charge in [-0.1, -0.05) is 0 Å². The van der Waals surface area contributed by atoms with Gasteiger partial charge in [0, 0.05) is 5.69 Å². The Morgan fingerprint density at radius 1 is 1.57 bits per heavy atom. The Hall–Kier alpha value is -1.78. The number of carbonyl (C=O) groups is 2. The van der Waals surface area contributed by atoms with Gasteiger partial charge in [0.2, 0.25) is 0 Å². The molecule has 2 atom stereocenters. The van der Waals surface area contributed by atoms with E-state index in [0.29, 0.717) is 5.69 Å². The summed E-state index contributed by atoms with van der Waals surface area (Å²) in [6.07, 6.45) is -0.178. The van der Waals surface area contributed by atoms with E-state index in [4.69, 9.17) is 9.84 Å². The van der Waals surface area contributed by atoms with E-state index in [1.165, 1.54) is 6.07 Å². The highest BCUT2D eigenvalue weighted by atomic mass is 16.6. The average molecular weight is 195 g/mol. The molecule has 1 saturated heterocycles. The van der Waals surface area contributed by atoms with Crippen molar-refractivity contribution < 1.29 is 19.4 Å². The second-order valence-corrected chi connectivity index (χ2v) is 3.25. The van der Waals surface area contributed by atoms with Crippen LogP contribution in [0.1, 0.15) is 29.0 Å². The number of H-pyrrole nitrogens is 1. The van der Waals surface area contributed by atoms with E-state index in [-0.39, 0.29) is 23.7 Å². The number of nitrogens with one attached hydrogen (secondary N) is 1. The lowest BCUT2D eigenvalue weighted by Crippen LogP contribution is -2.41. The average Bonchev–Trinajstić information content (AvgIpc) is 2.52. The normalized spacial score (nSPS) is 25.4. The minimum atomic E-state index is -1.03. The predicted octanol–water partition coefficient (Wildman–Crippen LogP) is 0.742. The van der Waals surface area contributed by atoms with Gasteiger partial charge < -0.3 is 14.8 Å². The molecule has 2 N–H and O–H groups in total. The predicted molar refractivity (Wildman–Crippen MR) is 46.0 cm³/mol. The van der Waals surface area contributed by atoms with Crippen LogP contribution in [0.15, 0.2) is 12.1 Å². The summed E-state index contributed by atoms with van der Waals surface area (Å²) in [4.78, 5) is 24.3. The first-order valence-corrected chi connectivity index (χ1v) is 4.22. The van der Waals surface area contributed by atoms with Crippen LogP contribution < -0.4 is 0 Å². The fourth-order valence-corrected chi connectivity index (χ4v) is 1.54. The van der Waals surface area contributed by atoms with Crippen molar-refractivity contribution in [1.29, 1.82) is 0 Å². The number of rotatable bonds is 2. The van der Waals surface area contributed by atoms with Gasteiger partial charge >= 0.3 is 11.9 Å². The highest BCUT2D eigenvalue weighted by Gasteiger charge is 2.41. The summed E-state index contributed by atoms with van der Waals surface area (Å²) in [6.45, 7) is 1.77. The van der Waals surface area contributed by atoms with Crippen LogP contribution in [-0.4, -0.2) is 28.1 Å². The van der Waals surface area contributed by atoms with E-state index in [1.54, 1.807) is 13.0 Å². The highest BCUT2D eigenvalue weighted by molar-refractivity contribution is 5.87. The minimum Gasteiger partial charge on any atom is -0.477 e. The monoisotopic (exact) mass is 195 g/mol. The number of carboxylic acid groups (broad SMARTS) is 1. The summed E-state index contributed by atoms with van der Waals surface area (Å²) in [7, 11) is 0. The fraction of sp³-hybridized carbons (Fsp3) is 0.333. The fourth-order valence-electron chi connectivity index (χ4n) is 1.54. The topological polar surface area (TPSA) is 79.4 Å². The van der Waals surface area contributed by atoms with Gasteiger partial charge in [-0.3, -0.25) is 4.79 Å². The van der Waals surface area contributed by atoms with Gasteiger partial charge in [-0.15, -0.1) is 0 Å². The summed E-state index contributed by atoms with van der Waals surface area (Å²) < 4.78 is 4.77. The van der Waals surface area contributed by atoms with Gasteiger partial charge in [-0.25, -0.2) is 4.79 Å². The Kier molecular flexibility index (Phi) is 1.80. The molecule has 74 valence electrons. The first-order chi connectivity index (χ1) is 6.59. The summed E-state index contributed by atoms with van der Waals surface area (Å²) in [5.74, 6) is -1.68. The summed E-state index contributed by atoms with van der Waals surface area (Å²) in [5, 5.41) is 8.66. The second-order valence-electron chi connectivity index (χ2n) is 3.25. The number of esters is 1. The maximum Gasteiger partial charge on any atom is 0.352 e. The van der Waals surface area contributed by atoms with Crippen LogP contribution in [-0.2, 0) is 9.53 Å². The van der Waals surface area contributed by atoms with Gasteiger partial charge in [-0.2, -0.15) is 0 Å². The molecule has 0 radical (unpaired) electrons. The Bertz CT molecular complexity index is 395. The molecule has 2 heterocycles. The zero-order valence-corrected chi connectivity index (χ0v) is 7.48. The van der Waals surface area contributed by atoms with Crippen LogP contribution in [0.5, 0.6) is 0 Å². The number of carbonyl (C=O) groups excluding carboxylic acids is 1. The Labute approximate surface area is 79.7 Å². The van der Waals surface area contributed by atoms with Gasteiger partial charge in [0.1, 0.15) is 17.7 Å². The highest BCUT2D eigenvalue weighted by Crippen LogP contribution is 2.31. The quantitative estimate of drug-likeness (QED) is 0.682. The number of hydrogen-bond donors (Lipinski definition) is 2. The number of carboxylic acids is 1. The Balaban J connectivity index is 2.25. The molecule has 1 aromatic rings. The van der Waals surface area contributed by atoms with Crippen LogP contribution in [0.25, 0.3) is 0 Å². The van der Waals surface area contributed by atoms with Gasteiger partial charge in [0.05, 0.1) is 0 Å². The lowest BCUT2D eigenvalue weighted by molar-refractivity contribution is -0.173. The second kappa shape index (κ2) is 2.87. The van der Waals surface area contributed by atoms with Crippen molar-refractivity contribution in [1.82, 2.24) is 4.98 Å². The van der Waals surface area contributed by atoms with Crippen molar-refractivity contribution >= 4 is 11.9 Å². The number of ether oxygens (including phenoxy) is 1. The van der Waals surface area contributed by atoms with Crippen LogP contribution in [0.4, 0.5) is 0 Å². The lowest BCUT2D eigenvalue weighted by atomic mass is 9.95. The van der Waals surface area contributed by atoms with Gasteiger partial charge in [-0.05, 0) is 19.1 Å². The standard InChI is InChI=1S/C9H9NO4/c1-4-7(9(13)14-4)5-2-3-6(10-5)8(11)12/h2-4,7,10H,1H3,(H,11,12)/t4-,7-/m1/s1. The number of hydrogen-bond acceptors (Lipinski definition) is 3.